The minimum Gasteiger partial charge on any atom is -0.384 e. The van der Waals surface area contributed by atoms with Crippen LogP contribution in [0.4, 0.5) is 11.8 Å². The van der Waals surface area contributed by atoms with Gasteiger partial charge in [0.05, 0.1) is 0 Å². The number of anilines is 2. The van der Waals surface area contributed by atoms with Crippen LogP contribution in [-0.2, 0) is 0 Å². The lowest BCUT2D eigenvalue weighted by molar-refractivity contribution is 0.472. The van der Waals surface area contributed by atoms with Crippen molar-refractivity contribution in [3.8, 4) is 0 Å². The molecule has 0 radical (unpaired) electrons. The van der Waals surface area contributed by atoms with E-state index in [9.17, 15) is 0 Å². The van der Waals surface area contributed by atoms with E-state index < -0.39 is 0 Å². The fourth-order valence-electron chi connectivity index (χ4n) is 1.85. The van der Waals surface area contributed by atoms with Crippen LogP contribution in [0.15, 0.2) is 6.07 Å². The van der Waals surface area contributed by atoms with Crippen molar-refractivity contribution in [2.45, 2.75) is 46.5 Å². The van der Waals surface area contributed by atoms with Gasteiger partial charge in [0.25, 0.3) is 0 Å². The standard InChI is InChI=1S/C13H24N4/c1-4-6-7-11(5-2)9-15-13-16-10(3)8-12(14)17-13/h8,11H,4-7,9H2,1-3H3,(H3,14,15,16,17). The van der Waals surface area contributed by atoms with Gasteiger partial charge in [-0.15, -0.1) is 0 Å². The average molecular weight is 236 g/mol. The maximum Gasteiger partial charge on any atom is 0.224 e. The molecule has 0 saturated heterocycles. The lowest BCUT2D eigenvalue weighted by Gasteiger charge is -2.15. The minimum atomic E-state index is 0.529. The number of nitrogens with one attached hydrogen (secondary N) is 1. The number of aryl methyl sites for hydroxylation is 1. The molecule has 1 aromatic heterocycles. The van der Waals surface area contributed by atoms with Crippen LogP contribution >= 0.6 is 0 Å². The second kappa shape index (κ2) is 7.09. The van der Waals surface area contributed by atoms with Gasteiger partial charge < -0.3 is 11.1 Å². The van der Waals surface area contributed by atoms with Gasteiger partial charge in [-0.25, -0.2) is 4.98 Å². The molecule has 0 saturated carbocycles. The Morgan fingerprint density at radius 3 is 2.71 bits per heavy atom. The van der Waals surface area contributed by atoms with Crippen molar-refractivity contribution in [2.75, 3.05) is 17.6 Å². The molecule has 96 valence electrons. The SMILES string of the molecule is CCCCC(CC)CNc1nc(C)cc(N)n1. The summed E-state index contributed by atoms with van der Waals surface area (Å²) in [4.78, 5) is 8.49. The smallest absolute Gasteiger partial charge is 0.224 e. The summed E-state index contributed by atoms with van der Waals surface area (Å²) in [6.07, 6.45) is 5.00. The first kappa shape index (κ1) is 13.7. The zero-order valence-electron chi connectivity index (χ0n) is 11.2. The summed E-state index contributed by atoms with van der Waals surface area (Å²) in [5, 5.41) is 3.28. The van der Waals surface area contributed by atoms with Crippen LogP contribution in [0.25, 0.3) is 0 Å². The van der Waals surface area contributed by atoms with Gasteiger partial charge >= 0.3 is 0 Å². The lowest BCUT2D eigenvalue weighted by atomic mass is 9.99. The summed E-state index contributed by atoms with van der Waals surface area (Å²) in [5.74, 6) is 1.87. The zero-order chi connectivity index (χ0) is 12.7. The third kappa shape index (κ3) is 5.02. The van der Waals surface area contributed by atoms with Gasteiger partial charge in [0, 0.05) is 18.3 Å². The third-order valence-electron chi connectivity index (χ3n) is 2.97. The van der Waals surface area contributed by atoms with Crippen molar-refractivity contribution < 1.29 is 0 Å². The average Bonchev–Trinajstić information content (AvgIpc) is 2.28. The van der Waals surface area contributed by atoms with E-state index in [0.29, 0.717) is 17.7 Å². The Balaban J connectivity index is 2.47. The number of nitrogens with zero attached hydrogens (tertiary/aromatic N) is 2. The number of unbranched alkanes of at least 4 members (excludes halogenated alkanes) is 1. The molecule has 1 heterocycles. The second-order valence-electron chi connectivity index (χ2n) is 4.56. The summed E-state index contributed by atoms with van der Waals surface area (Å²) in [5.41, 5.74) is 6.59. The van der Waals surface area contributed by atoms with Crippen LogP contribution in [0.1, 0.15) is 45.2 Å². The summed E-state index contributed by atoms with van der Waals surface area (Å²) >= 11 is 0. The Bertz CT molecular complexity index is 318. The normalized spacial score (nSPS) is 12.4. The van der Waals surface area contributed by atoms with E-state index in [1.807, 2.05) is 6.92 Å². The van der Waals surface area contributed by atoms with Crippen LogP contribution in [0, 0.1) is 12.8 Å². The Morgan fingerprint density at radius 1 is 1.35 bits per heavy atom. The lowest BCUT2D eigenvalue weighted by Crippen LogP contribution is -2.16. The first-order chi connectivity index (χ1) is 8.15. The molecule has 1 rings (SSSR count). The monoisotopic (exact) mass is 236 g/mol. The molecule has 0 aromatic carbocycles. The van der Waals surface area contributed by atoms with E-state index >= 15 is 0 Å². The highest BCUT2D eigenvalue weighted by atomic mass is 15.1. The van der Waals surface area contributed by atoms with E-state index in [1.54, 1.807) is 6.07 Å². The van der Waals surface area contributed by atoms with Crippen LogP contribution in [0.5, 0.6) is 0 Å². The molecule has 1 aromatic rings. The van der Waals surface area contributed by atoms with Crippen LogP contribution in [0.3, 0.4) is 0 Å². The van der Waals surface area contributed by atoms with Gasteiger partial charge in [0.1, 0.15) is 5.82 Å². The molecule has 0 amide bonds. The first-order valence-electron chi connectivity index (χ1n) is 6.50. The van der Waals surface area contributed by atoms with E-state index in [4.69, 9.17) is 5.73 Å². The Morgan fingerprint density at radius 2 is 2.12 bits per heavy atom. The summed E-state index contributed by atoms with van der Waals surface area (Å²) in [6, 6.07) is 1.78. The van der Waals surface area contributed by atoms with Gasteiger partial charge in [-0.1, -0.05) is 33.1 Å². The van der Waals surface area contributed by atoms with Crippen LogP contribution in [-0.4, -0.2) is 16.5 Å². The number of nitrogen functional groups attached to an aromatic ring is 1. The molecular formula is C13H24N4. The molecule has 4 nitrogen and oxygen atoms in total. The molecule has 17 heavy (non-hydrogen) atoms. The highest BCUT2D eigenvalue weighted by molar-refractivity contribution is 5.37. The summed E-state index contributed by atoms with van der Waals surface area (Å²) in [7, 11) is 0. The quantitative estimate of drug-likeness (QED) is 0.764. The summed E-state index contributed by atoms with van der Waals surface area (Å²) in [6.45, 7) is 7.31. The Hall–Kier alpha value is -1.32. The minimum absolute atomic E-state index is 0.529. The maximum absolute atomic E-state index is 5.69. The molecule has 4 heteroatoms. The Labute approximate surface area is 104 Å². The molecule has 0 aliphatic carbocycles. The van der Waals surface area contributed by atoms with Gasteiger partial charge in [-0.2, -0.15) is 4.98 Å². The van der Waals surface area contributed by atoms with E-state index in [2.05, 4.69) is 29.1 Å². The summed E-state index contributed by atoms with van der Waals surface area (Å²) < 4.78 is 0. The van der Waals surface area contributed by atoms with Crippen molar-refractivity contribution in [1.82, 2.24) is 9.97 Å². The second-order valence-corrected chi connectivity index (χ2v) is 4.56. The van der Waals surface area contributed by atoms with Gasteiger partial charge in [-0.05, 0) is 19.3 Å². The van der Waals surface area contributed by atoms with E-state index in [-0.39, 0.29) is 0 Å². The predicted octanol–water partition coefficient (Wildman–Crippen LogP) is 3.00. The number of hydrogen-bond donors (Lipinski definition) is 2. The van der Waals surface area contributed by atoms with Gasteiger partial charge in [0.15, 0.2) is 0 Å². The van der Waals surface area contributed by atoms with Crippen molar-refractivity contribution in [3.05, 3.63) is 11.8 Å². The van der Waals surface area contributed by atoms with Crippen molar-refractivity contribution in [2.24, 2.45) is 5.92 Å². The molecule has 0 fully saturated rings. The highest BCUT2D eigenvalue weighted by Crippen LogP contribution is 2.13. The largest absolute Gasteiger partial charge is 0.384 e. The van der Waals surface area contributed by atoms with Crippen LogP contribution in [0.2, 0.25) is 0 Å². The van der Waals surface area contributed by atoms with Gasteiger partial charge in [0.2, 0.25) is 5.95 Å². The van der Waals surface area contributed by atoms with Crippen molar-refractivity contribution in [1.29, 1.82) is 0 Å². The number of rotatable bonds is 7. The zero-order valence-corrected chi connectivity index (χ0v) is 11.2. The number of nitrogens with two attached hydrogens (primary N) is 1. The molecule has 3 N–H and O–H groups in total. The predicted molar refractivity (Wildman–Crippen MR) is 73.0 cm³/mol. The highest BCUT2D eigenvalue weighted by Gasteiger charge is 2.07. The fourth-order valence-corrected chi connectivity index (χ4v) is 1.85. The van der Waals surface area contributed by atoms with Crippen molar-refractivity contribution >= 4 is 11.8 Å². The first-order valence-corrected chi connectivity index (χ1v) is 6.50. The maximum atomic E-state index is 5.69. The van der Waals surface area contributed by atoms with Crippen LogP contribution < -0.4 is 11.1 Å². The molecule has 1 atom stereocenters. The fraction of sp³-hybridized carbons (Fsp3) is 0.692. The molecular weight excluding hydrogens is 212 g/mol. The molecule has 0 aliphatic heterocycles. The Kier molecular flexibility index (Phi) is 5.73. The van der Waals surface area contributed by atoms with Crippen molar-refractivity contribution in [3.63, 3.8) is 0 Å². The van der Waals surface area contributed by atoms with E-state index in [1.165, 1.54) is 25.7 Å². The molecule has 1 unspecified atom stereocenters. The topological polar surface area (TPSA) is 63.8 Å². The molecule has 0 spiro atoms. The third-order valence-corrected chi connectivity index (χ3v) is 2.97. The molecule has 0 aliphatic rings. The number of aromatic nitrogens is 2. The number of hydrogen-bond acceptors (Lipinski definition) is 4. The molecule has 0 bridgehead atoms. The van der Waals surface area contributed by atoms with E-state index in [0.717, 1.165) is 12.2 Å². The van der Waals surface area contributed by atoms with Gasteiger partial charge in [-0.3, -0.25) is 0 Å².